The Morgan fingerprint density at radius 2 is 2.03 bits per heavy atom. The summed E-state index contributed by atoms with van der Waals surface area (Å²) in [5.41, 5.74) is 1.37. The van der Waals surface area contributed by atoms with Gasteiger partial charge in [-0.05, 0) is 54.2 Å². The lowest BCUT2D eigenvalue weighted by Crippen LogP contribution is -2.19. The second-order valence-corrected chi connectivity index (χ2v) is 8.52. The van der Waals surface area contributed by atoms with Gasteiger partial charge in [0.2, 0.25) is 0 Å². The van der Waals surface area contributed by atoms with E-state index in [0.29, 0.717) is 27.2 Å². The summed E-state index contributed by atoms with van der Waals surface area (Å²) < 4.78 is 6.68. The molecule has 0 aliphatic carbocycles. The molecule has 0 saturated carbocycles. The van der Waals surface area contributed by atoms with Crippen molar-refractivity contribution in [2.75, 3.05) is 0 Å². The summed E-state index contributed by atoms with van der Waals surface area (Å²) in [5, 5.41) is 12.4. The largest absolute Gasteiger partial charge is 0.478 e. The number of carboxylic acids is 1. The zero-order valence-corrected chi connectivity index (χ0v) is 18.2. The molecular formula is C21H12BrClN2O4S. The van der Waals surface area contributed by atoms with E-state index < -0.39 is 5.97 Å². The Balaban J connectivity index is 1.55. The molecule has 6 nitrogen and oxygen atoms in total. The lowest BCUT2D eigenvalue weighted by molar-refractivity contribution is -0.115. The van der Waals surface area contributed by atoms with Gasteiger partial charge in [0.15, 0.2) is 5.17 Å². The third-order valence-corrected chi connectivity index (χ3v) is 5.79. The Morgan fingerprint density at radius 3 is 2.77 bits per heavy atom. The first-order valence-electron chi connectivity index (χ1n) is 8.57. The molecule has 9 heteroatoms. The molecule has 1 fully saturated rings. The highest BCUT2D eigenvalue weighted by atomic mass is 79.9. The van der Waals surface area contributed by atoms with Crippen LogP contribution in [0.5, 0.6) is 0 Å². The van der Waals surface area contributed by atoms with Crippen molar-refractivity contribution < 1.29 is 19.1 Å². The number of thioether (sulfide) groups is 1. The molecule has 1 aromatic heterocycles. The monoisotopic (exact) mass is 502 g/mol. The summed E-state index contributed by atoms with van der Waals surface area (Å²) in [7, 11) is 0. The number of nitrogens with zero attached hydrogens (tertiary/aromatic N) is 1. The summed E-state index contributed by atoms with van der Waals surface area (Å²) >= 11 is 10.6. The van der Waals surface area contributed by atoms with E-state index in [4.69, 9.17) is 21.1 Å². The quantitative estimate of drug-likeness (QED) is 0.429. The summed E-state index contributed by atoms with van der Waals surface area (Å²) in [5.74, 6) is -0.376. The number of furan rings is 1. The van der Waals surface area contributed by atoms with Crippen molar-refractivity contribution in [2.24, 2.45) is 4.99 Å². The fourth-order valence-corrected chi connectivity index (χ4v) is 4.17. The second kappa shape index (κ2) is 8.51. The van der Waals surface area contributed by atoms with Crippen molar-refractivity contribution in [3.63, 3.8) is 0 Å². The van der Waals surface area contributed by atoms with Crippen LogP contribution in [-0.2, 0) is 4.79 Å². The molecule has 150 valence electrons. The molecule has 0 bridgehead atoms. The fraction of sp³-hybridized carbons (Fsp3) is 0. The molecular weight excluding hydrogens is 492 g/mol. The number of nitrogens with one attached hydrogen (secondary N) is 1. The molecule has 1 amide bonds. The lowest BCUT2D eigenvalue weighted by Gasteiger charge is -2.01. The van der Waals surface area contributed by atoms with Crippen LogP contribution in [-0.4, -0.2) is 22.2 Å². The number of carbonyl (C=O) groups excluding carboxylic acids is 1. The van der Waals surface area contributed by atoms with Gasteiger partial charge in [0.1, 0.15) is 11.5 Å². The van der Waals surface area contributed by atoms with Crippen LogP contribution in [0.1, 0.15) is 16.1 Å². The highest BCUT2D eigenvalue weighted by Gasteiger charge is 2.24. The van der Waals surface area contributed by atoms with E-state index >= 15 is 0 Å². The van der Waals surface area contributed by atoms with Crippen molar-refractivity contribution in [1.29, 1.82) is 0 Å². The molecule has 4 rings (SSSR count). The Bertz CT molecular complexity index is 1240. The topological polar surface area (TPSA) is 91.9 Å². The highest BCUT2D eigenvalue weighted by Crippen LogP contribution is 2.31. The molecule has 2 aromatic carbocycles. The van der Waals surface area contributed by atoms with Gasteiger partial charge in [0.25, 0.3) is 5.91 Å². The van der Waals surface area contributed by atoms with Gasteiger partial charge in [0.05, 0.1) is 21.2 Å². The van der Waals surface area contributed by atoms with Crippen LogP contribution in [0.25, 0.3) is 17.4 Å². The first kappa shape index (κ1) is 20.5. The van der Waals surface area contributed by atoms with Gasteiger partial charge in [-0.25, -0.2) is 9.79 Å². The zero-order valence-electron chi connectivity index (χ0n) is 15.1. The third kappa shape index (κ3) is 4.51. The summed E-state index contributed by atoms with van der Waals surface area (Å²) in [4.78, 5) is 28.2. The number of hydrogen-bond donors (Lipinski definition) is 2. The zero-order chi connectivity index (χ0) is 21.3. The van der Waals surface area contributed by atoms with Crippen LogP contribution < -0.4 is 5.32 Å². The standard InChI is InChI=1S/C21H12BrClN2O4S/c22-12-2-1-3-13(9-12)24-21-25-19(26)18(30-21)10-14-5-7-17(29-14)11-4-6-15(20(27)28)16(23)8-11/h1-10H,(H,27,28)(H,24,25,26)/b18-10+. The molecule has 0 unspecified atom stereocenters. The average molecular weight is 504 g/mol. The smallest absolute Gasteiger partial charge is 0.337 e. The first-order valence-corrected chi connectivity index (χ1v) is 10.6. The molecule has 0 atom stereocenters. The summed E-state index contributed by atoms with van der Waals surface area (Å²) in [6, 6.07) is 15.5. The first-order chi connectivity index (χ1) is 14.4. The van der Waals surface area contributed by atoms with Crippen molar-refractivity contribution in [2.45, 2.75) is 0 Å². The van der Waals surface area contributed by atoms with Crippen LogP contribution in [0.3, 0.4) is 0 Å². The van der Waals surface area contributed by atoms with Crippen molar-refractivity contribution in [3.8, 4) is 11.3 Å². The maximum atomic E-state index is 12.3. The van der Waals surface area contributed by atoms with Gasteiger partial charge in [0, 0.05) is 16.1 Å². The molecule has 1 aliphatic heterocycles. The fourth-order valence-electron chi connectivity index (χ4n) is 2.70. The number of hydrogen-bond acceptors (Lipinski definition) is 5. The number of amides is 1. The van der Waals surface area contributed by atoms with Crippen LogP contribution in [0.4, 0.5) is 5.69 Å². The number of amidine groups is 1. The van der Waals surface area contributed by atoms with E-state index in [-0.39, 0.29) is 16.5 Å². The molecule has 0 spiro atoms. The van der Waals surface area contributed by atoms with Gasteiger partial charge in [-0.2, -0.15) is 0 Å². The minimum absolute atomic E-state index is 0.0191. The molecule has 0 radical (unpaired) electrons. The van der Waals surface area contributed by atoms with E-state index in [1.165, 1.54) is 23.9 Å². The number of rotatable bonds is 4. The minimum atomic E-state index is -1.10. The predicted octanol–water partition coefficient (Wildman–Crippen LogP) is 5.95. The van der Waals surface area contributed by atoms with Crippen molar-refractivity contribution in [3.05, 3.63) is 80.3 Å². The molecule has 2 N–H and O–H groups in total. The predicted molar refractivity (Wildman–Crippen MR) is 121 cm³/mol. The molecule has 3 aromatic rings. The van der Waals surface area contributed by atoms with Crippen LogP contribution >= 0.6 is 39.3 Å². The average Bonchev–Trinajstić information content (AvgIpc) is 3.28. The van der Waals surface area contributed by atoms with Crippen LogP contribution in [0.2, 0.25) is 5.02 Å². The van der Waals surface area contributed by atoms with Crippen molar-refractivity contribution in [1.82, 2.24) is 5.32 Å². The Kier molecular flexibility index (Phi) is 5.80. The molecule has 2 heterocycles. The molecule has 1 saturated heterocycles. The number of aromatic carboxylic acids is 1. The number of carbonyl (C=O) groups is 2. The minimum Gasteiger partial charge on any atom is -0.478 e. The number of benzene rings is 2. The number of halogens is 2. The van der Waals surface area contributed by atoms with Crippen LogP contribution in [0.15, 0.2) is 73.4 Å². The van der Waals surface area contributed by atoms with E-state index in [1.54, 1.807) is 24.3 Å². The van der Waals surface area contributed by atoms with E-state index in [0.717, 1.165) is 10.2 Å². The molecule has 30 heavy (non-hydrogen) atoms. The summed E-state index contributed by atoms with van der Waals surface area (Å²) in [6.45, 7) is 0. The summed E-state index contributed by atoms with van der Waals surface area (Å²) in [6.07, 6.45) is 1.63. The third-order valence-electron chi connectivity index (χ3n) is 4.07. The maximum Gasteiger partial charge on any atom is 0.337 e. The Morgan fingerprint density at radius 1 is 1.20 bits per heavy atom. The van der Waals surface area contributed by atoms with Gasteiger partial charge >= 0.3 is 5.97 Å². The normalized spacial score (nSPS) is 16.3. The van der Waals surface area contributed by atoms with E-state index in [2.05, 4.69) is 26.2 Å². The van der Waals surface area contributed by atoms with Crippen LogP contribution in [0, 0.1) is 0 Å². The second-order valence-electron chi connectivity index (χ2n) is 6.16. The SMILES string of the molecule is O=C1NC(=Nc2cccc(Br)c2)S/C1=C/c1ccc(-c2ccc(C(=O)O)c(Cl)c2)o1. The number of carboxylic acid groups (broad SMARTS) is 1. The van der Waals surface area contributed by atoms with Gasteiger partial charge in [-0.15, -0.1) is 0 Å². The maximum absolute atomic E-state index is 12.3. The Hall–Kier alpha value is -2.81. The van der Waals surface area contributed by atoms with Gasteiger partial charge in [-0.3, -0.25) is 4.79 Å². The number of aliphatic imine (C=N–C) groups is 1. The molecule has 1 aliphatic rings. The van der Waals surface area contributed by atoms with E-state index in [1.807, 2.05) is 24.3 Å². The van der Waals surface area contributed by atoms with Crippen molar-refractivity contribution >= 4 is 68.1 Å². The van der Waals surface area contributed by atoms with Gasteiger partial charge in [-0.1, -0.05) is 39.7 Å². The Labute approximate surface area is 188 Å². The van der Waals surface area contributed by atoms with E-state index in [9.17, 15) is 9.59 Å². The lowest BCUT2D eigenvalue weighted by atomic mass is 10.1. The highest BCUT2D eigenvalue weighted by molar-refractivity contribution is 9.10. The van der Waals surface area contributed by atoms with Gasteiger partial charge < -0.3 is 14.8 Å².